The van der Waals surface area contributed by atoms with Crippen molar-refractivity contribution in [3.63, 3.8) is 0 Å². The number of morpholine rings is 1. The molecule has 2 rings (SSSR count). The molecular weight excluding hydrogens is 378 g/mol. The van der Waals surface area contributed by atoms with Crippen LogP contribution in [0, 0.1) is 0 Å². The Hall–Kier alpha value is -1.04. The summed E-state index contributed by atoms with van der Waals surface area (Å²) in [5.74, 6) is 0. The number of nitrogens with two attached hydrogens (primary N) is 1. The molecule has 0 bridgehead atoms. The monoisotopic (exact) mass is 405 g/mol. The molecule has 8 nitrogen and oxygen atoms in total. The van der Waals surface area contributed by atoms with E-state index >= 15 is 0 Å². The predicted molar refractivity (Wildman–Crippen MR) is 98.7 cm³/mol. The largest absolute Gasteiger partial charge is 0.373 e. The van der Waals surface area contributed by atoms with Crippen molar-refractivity contribution < 1.29 is 21.6 Å². The average Bonchev–Trinajstić information content (AvgIpc) is 2.52. The van der Waals surface area contributed by atoms with Gasteiger partial charge in [-0.05, 0) is 52.0 Å². The number of nitrogens with one attached hydrogen (secondary N) is 1. The van der Waals surface area contributed by atoms with Gasteiger partial charge in [-0.2, -0.15) is 0 Å². The molecule has 1 heterocycles. The minimum Gasteiger partial charge on any atom is -0.373 e. The molecule has 1 aromatic rings. The molecular formula is C16H27N3O5S2. The summed E-state index contributed by atoms with van der Waals surface area (Å²) in [6.07, 6.45) is 0.167. The lowest BCUT2D eigenvalue weighted by atomic mass is 10.0. The first-order valence-electron chi connectivity index (χ1n) is 8.34. The Bertz CT molecular complexity index is 825. The van der Waals surface area contributed by atoms with Crippen molar-refractivity contribution in [2.75, 3.05) is 19.6 Å². The van der Waals surface area contributed by atoms with E-state index in [4.69, 9.17) is 9.88 Å². The van der Waals surface area contributed by atoms with Crippen molar-refractivity contribution in [1.29, 1.82) is 0 Å². The molecule has 1 aliphatic rings. The molecule has 0 spiro atoms. The minimum atomic E-state index is -3.86. The number of ether oxygens (including phenoxy) is 1. The van der Waals surface area contributed by atoms with Gasteiger partial charge in [-0.3, -0.25) is 4.90 Å². The lowest BCUT2D eigenvalue weighted by Gasteiger charge is -2.45. The molecule has 2 unspecified atom stereocenters. The van der Waals surface area contributed by atoms with Crippen molar-refractivity contribution in [2.45, 2.75) is 55.2 Å². The smallest absolute Gasteiger partial charge is 0.240 e. The van der Waals surface area contributed by atoms with Gasteiger partial charge in [0.25, 0.3) is 0 Å². The Labute approximate surface area is 155 Å². The standard InChI is InChI=1S/C16H27N3O5S2/c1-12-9-19(10-13(2)24-12)16(3,4)11-18-26(22,23)15-7-5-14(6-8-15)25(17,20)21/h5-8,12-13,18H,9-11H2,1-4H3,(H2,17,20,21). The van der Waals surface area contributed by atoms with Gasteiger partial charge in [-0.25, -0.2) is 26.7 Å². The molecule has 3 N–H and O–H groups in total. The number of hydrogen-bond donors (Lipinski definition) is 2. The maximum absolute atomic E-state index is 12.5. The van der Waals surface area contributed by atoms with Crippen molar-refractivity contribution in [3.05, 3.63) is 24.3 Å². The maximum Gasteiger partial charge on any atom is 0.240 e. The Balaban J connectivity index is 2.09. The average molecular weight is 406 g/mol. The fraction of sp³-hybridized carbons (Fsp3) is 0.625. The zero-order valence-corrected chi connectivity index (χ0v) is 17.1. The lowest BCUT2D eigenvalue weighted by molar-refractivity contribution is -0.0945. The van der Waals surface area contributed by atoms with Gasteiger partial charge in [0, 0.05) is 25.2 Å². The zero-order chi connectivity index (χ0) is 19.8. The van der Waals surface area contributed by atoms with Gasteiger partial charge in [-0.1, -0.05) is 0 Å². The van der Waals surface area contributed by atoms with E-state index < -0.39 is 25.6 Å². The summed E-state index contributed by atoms with van der Waals surface area (Å²) < 4.78 is 55.9. The molecule has 0 amide bonds. The fourth-order valence-electron chi connectivity index (χ4n) is 2.95. The summed E-state index contributed by atoms with van der Waals surface area (Å²) in [5.41, 5.74) is -0.403. The Morgan fingerprint density at radius 1 is 1.08 bits per heavy atom. The van der Waals surface area contributed by atoms with Gasteiger partial charge in [-0.15, -0.1) is 0 Å². The van der Waals surface area contributed by atoms with Crippen molar-refractivity contribution in [1.82, 2.24) is 9.62 Å². The van der Waals surface area contributed by atoms with Crippen LogP contribution in [-0.2, 0) is 24.8 Å². The van der Waals surface area contributed by atoms with Crippen LogP contribution in [0.4, 0.5) is 0 Å². The first-order valence-corrected chi connectivity index (χ1v) is 11.4. The lowest BCUT2D eigenvalue weighted by Crippen LogP contribution is -2.58. The van der Waals surface area contributed by atoms with Crippen LogP contribution in [0.1, 0.15) is 27.7 Å². The van der Waals surface area contributed by atoms with E-state index in [1.54, 1.807) is 0 Å². The molecule has 1 aromatic carbocycles. The van der Waals surface area contributed by atoms with Crippen LogP contribution in [0.5, 0.6) is 0 Å². The Morgan fingerprint density at radius 3 is 2.00 bits per heavy atom. The summed E-state index contributed by atoms with van der Waals surface area (Å²) in [6.45, 7) is 9.61. The summed E-state index contributed by atoms with van der Waals surface area (Å²) in [5, 5.41) is 5.03. The van der Waals surface area contributed by atoms with E-state index in [2.05, 4.69) is 9.62 Å². The number of nitrogens with zero attached hydrogens (tertiary/aromatic N) is 1. The highest BCUT2D eigenvalue weighted by Crippen LogP contribution is 2.21. The molecule has 148 valence electrons. The molecule has 1 fully saturated rings. The molecule has 2 atom stereocenters. The number of benzene rings is 1. The van der Waals surface area contributed by atoms with Crippen molar-refractivity contribution in [3.8, 4) is 0 Å². The zero-order valence-electron chi connectivity index (χ0n) is 15.5. The van der Waals surface area contributed by atoms with Gasteiger partial charge in [0.05, 0.1) is 22.0 Å². The normalized spacial score (nSPS) is 23.1. The van der Waals surface area contributed by atoms with E-state index in [0.717, 1.165) is 13.1 Å². The number of rotatable bonds is 6. The van der Waals surface area contributed by atoms with Gasteiger partial charge in [0.15, 0.2) is 0 Å². The second kappa shape index (κ2) is 7.53. The summed E-state index contributed by atoms with van der Waals surface area (Å²) in [7, 11) is -7.62. The van der Waals surface area contributed by atoms with E-state index in [9.17, 15) is 16.8 Å². The van der Waals surface area contributed by atoms with E-state index in [1.807, 2.05) is 27.7 Å². The quantitative estimate of drug-likeness (QED) is 0.711. The van der Waals surface area contributed by atoms with E-state index in [1.165, 1.54) is 24.3 Å². The third-order valence-corrected chi connectivity index (χ3v) is 6.78. The first kappa shape index (κ1) is 21.3. The SMILES string of the molecule is CC1CN(C(C)(C)CNS(=O)(=O)c2ccc(S(N)(=O)=O)cc2)CC(C)O1. The predicted octanol–water partition coefficient (Wildman–Crippen LogP) is 0.500. The van der Waals surface area contributed by atoms with E-state index in [-0.39, 0.29) is 28.5 Å². The number of sulfonamides is 2. The maximum atomic E-state index is 12.5. The molecule has 1 aliphatic heterocycles. The second-order valence-electron chi connectivity index (χ2n) is 7.32. The Kier molecular flexibility index (Phi) is 6.16. The van der Waals surface area contributed by atoms with Gasteiger partial charge in [0.2, 0.25) is 20.0 Å². The van der Waals surface area contributed by atoms with Crippen LogP contribution in [0.2, 0.25) is 0 Å². The van der Waals surface area contributed by atoms with Gasteiger partial charge >= 0.3 is 0 Å². The van der Waals surface area contributed by atoms with E-state index in [0.29, 0.717) is 0 Å². The molecule has 0 aliphatic carbocycles. The highest BCUT2D eigenvalue weighted by Gasteiger charge is 2.34. The van der Waals surface area contributed by atoms with Crippen molar-refractivity contribution >= 4 is 20.0 Å². The highest BCUT2D eigenvalue weighted by molar-refractivity contribution is 7.89. The van der Waals surface area contributed by atoms with Crippen LogP contribution < -0.4 is 9.86 Å². The third kappa shape index (κ3) is 5.24. The first-order chi connectivity index (χ1) is 11.8. The van der Waals surface area contributed by atoms with Crippen LogP contribution in [0.15, 0.2) is 34.1 Å². The molecule has 0 radical (unpaired) electrons. The third-order valence-electron chi connectivity index (χ3n) is 4.43. The van der Waals surface area contributed by atoms with Crippen LogP contribution in [0.25, 0.3) is 0 Å². The topological polar surface area (TPSA) is 119 Å². The van der Waals surface area contributed by atoms with Crippen LogP contribution in [-0.4, -0.2) is 59.1 Å². The molecule has 10 heteroatoms. The van der Waals surface area contributed by atoms with Crippen LogP contribution in [0.3, 0.4) is 0 Å². The Morgan fingerprint density at radius 2 is 1.54 bits per heavy atom. The minimum absolute atomic E-state index is 0.00980. The number of primary sulfonamides is 1. The highest BCUT2D eigenvalue weighted by atomic mass is 32.2. The van der Waals surface area contributed by atoms with Crippen LogP contribution >= 0.6 is 0 Å². The molecule has 0 aromatic heterocycles. The molecule has 0 saturated carbocycles. The number of hydrogen-bond acceptors (Lipinski definition) is 6. The molecule has 1 saturated heterocycles. The van der Waals surface area contributed by atoms with Crippen molar-refractivity contribution in [2.24, 2.45) is 5.14 Å². The summed E-state index contributed by atoms with van der Waals surface area (Å²) in [4.78, 5) is 2.07. The van der Waals surface area contributed by atoms with Gasteiger partial charge in [0.1, 0.15) is 0 Å². The summed E-state index contributed by atoms with van der Waals surface area (Å²) in [6, 6.07) is 4.82. The molecule has 26 heavy (non-hydrogen) atoms. The fourth-order valence-corrected chi connectivity index (χ4v) is 4.67. The van der Waals surface area contributed by atoms with Gasteiger partial charge < -0.3 is 4.74 Å². The summed E-state index contributed by atoms with van der Waals surface area (Å²) >= 11 is 0. The second-order valence-corrected chi connectivity index (χ2v) is 10.6.